The minimum atomic E-state index is 0.831. The van der Waals surface area contributed by atoms with Gasteiger partial charge in [0.05, 0.1) is 0 Å². The van der Waals surface area contributed by atoms with E-state index in [1.165, 1.54) is 11.1 Å². The predicted molar refractivity (Wildman–Crippen MR) is 60.7 cm³/mol. The molecule has 0 amide bonds. The molecular weight excluding hydrogens is 176 g/mol. The summed E-state index contributed by atoms with van der Waals surface area (Å²) in [5.41, 5.74) is 3.67. The molecule has 0 saturated heterocycles. The second kappa shape index (κ2) is 4.99. The third kappa shape index (κ3) is 3.17. The van der Waals surface area contributed by atoms with E-state index < -0.39 is 0 Å². The maximum atomic E-state index is 5.14. The van der Waals surface area contributed by atoms with E-state index >= 15 is 0 Å². The minimum Gasteiger partial charge on any atom is -0.428 e. The summed E-state index contributed by atoms with van der Waals surface area (Å²) in [6.07, 6.45) is 1.01. The quantitative estimate of drug-likeness (QED) is 0.658. The van der Waals surface area contributed by atoms with E-state index in [1.54, 1.807) is 0 Å². The highest BCUT2D eigenvalue weighted by Crippen LogP contribution is 2.12. The first-order valence-corrected chi connectivity index (χ1v) is 5.29. The monoisotopic (exact) mass is 192 g/mol. The molecule has 0 spiro atoms. The van der Waals surface area contributed by atoms with Crippen LogP contribution in [0.15, 0.2) is 30.8 Å². The van der Waals surface area contributed by atoms with Crippen molar-refractivity contribution in [2.75, 3.05) is 6.61 Å². The van der Waals surface area contributed by atoms with Crippen molar-refractivity contribution in [3.63, 3.8) is 0 Å². The van der Waals surface area contributed by atoms with Crippen LogP contribution in [0.3, 0.4) is 0 Å². The van der Waals surface area contributed by atoms with E-state index in [0.29, 0.717) is 0 Å². The van der Waals surface area contributed by atoms with Crippen LogP contribution in [0.25, 0.3) is 5.57 Å². The number of allylic oxidation sites excluding steroid dienone is 1. The summed E-state index contributed by atoms with van der Waals surface area (Å²) < 4.78 is 5.14. The van der Waals surface area contributed by atoms with Gasteiger partial charge in [-0.25, -0.2) is 0 Å². The van der Waals surface area contributed by atoms with Crippen molar-refractivity contribution in [3.8, 4) is 0 Å². The highest BCUT2D eigenvalue weighted by molar-refractivity contribution is 5.97. The summed E-state index contributed by atoms with van der Waals surface area (Å²) in [6, 6.07) is 8.52. The molecule has 0 aliphatic rings. The Balaban J connectivity index is 2.64. The zero-order valence-corrected chi connectivity index (χ0v) is 10.3. The van der Waals surface area contributed by atoms with Crippen molar-refractivity contribution >= 4 is 16.1 Å². The maximum absolute atomic E-state index is 5.14. The fourth-order valence-electron chi connectivity index (χ4n) is 1.18. The van der Waals surface area contributed by atoms with Gasteiger partial charge >= 0.3 is 0 Å². The van der Waals surface area contributed by atoms with Crippen molar-refractivity contribution in [1.82, 2.24) is 0 Å². The zero-order valence-electron chi connectivity index (χ0n) is 8.34. The Morgan fingerprint density at radius 1 is 1.38 bits per heavy atom. The van der Waals surface area contributed by atoms with Crippen molar-refractivity contribution in [2.24, 2.45) is 0 Å². The topological polar surface area (TPSA) is 9.23 Å². The van der Waals surface area contributed by atoms with Gasteiger partial charge in [0.25, 0.3) is 0 Å². The molecule has 1 nitrogen and oxygen atoms in total. The molecule has 0 bridgehead atoms. The summed E-state index contributed by atoms with van der Waals surface area (Å²) in [6.45, 7) is 6.77. The van der Waals surface area contributed by atoms with Crippen LogP contribution in [0, 0.1) is 0 Å². The van der Waals surface area contributed by atoms with Gasteiger partial charge in [0, 0.05) is 6.61 Å². The van der Waals surface area contributed by atoms with Crippen LogP contribution in [0.5, 0.6) is 0 Å². The van der Waals surface area contributed by atoms with Crippen molar-refractivity contribution < 1.29 is 4.43 Å². The maximum Gasteiger partial charge on any atom is 0.145 e. The van der Waals surface area contributed by atoms with Crippen LogP contribution < -0.4 is 0 Å². The molecular formula is C11H16OSi. The number of rotatable bonds is 4. The van der Waals surface area contributed by atoms with Crippen molar-refractivity contribution in [3.05, 3.63) is 42.0 Å². The molecule has 0 fully saturated rings. The van der Waals surface area contributed by atoms with Crippen LogP contribution in [-0.4, -0.2) is 17.1 Å². The number of hydrogen-bond acceptors (Lipinski definition) is 1. The van der Waals surface area contributed by atoms with Gasteiger partial charge in [0.1, 0.15) is 10.5 Å². The first-order valence-electron chi connectivity index (χ1n) is 4.48. The number of hydrogen-bond donors (Lipinski definition) is 0. The highest BCUT2D eigenvalue weighted by Gasteiger charge is 1.94. The summed E-state index contributed by atoms with van der Waals surface area (Å²) in [5.74, 6) is 0. The molecule has 0 N–H and O–H groups in total. The van der Waals surface area contributed by atoms with Crippen LogP contribution in [-0.2, 0) is 10.8 Å². The molecule has 70 valence electrons. The lowest BCUT2D eigenvalue weighted by molar-refractivity contribution is 0.354. The Morgan fingerprint density at radius 3 is 2.46 bits per heavy atom. The number of benzene rings is 1. The van der Waals surface area contributed by atoms with E-state index in [0.717, 1.165) is 29.1 Å². The summed E-state index contributed by atoms with van der Waals surface area (Å²) in [7, 11) is 0.831. The molecule has 0 atom stereocenters. The molecule has 0 radical (unpaired) electrons. The highest BCUT2D eigenvalue weighted by atomic mass is 28.2. The SMILES string of the molecule is C=C(C)c1ccc(CCO[SiH3])cc1. The summed E-state index contributed by atoms with van der Waals surface area (Å²) >= 11 is 0. The van der Waals surface area contributed by atoms with E-state index in [-0.39, 0.29) is 0 Å². The molecule has 0 heterocycles. The Bertz CT molecular complexity index is 277. The Morgan fingerprint density at radius 2 is 2.00 bits per heavy atom. The van der Waals surface area contributed by atoms with Gasteiger partial charge in [-0.1, -0.05) is 36.4 Å². The molecule has 0 unspecified atom stereocenters. The molecule has 1 rings (SSSR count). The Hall–Kier alpha value is -0.863. The first-order chi connectivity index (χ1) is 6.24. The molecule has 0 aliphatic heterocycles. The van der Waals surface area contributed by atoms with Crippen molar-refractivity contribution in [2.45, 2.75) is 13.3 Å². The minimum absolute atomic E-state index is 0.831. The smallest absolute Gasteiger partial charge is 0.145 e. The van der Waals surface area contributed by atoms with Gasteiger partial charge in [-0.15, -0.1) is 0 Å². The standard InChI is InChI=1S/C11H16OSi/c1-9(2)11-5-3-10(4-6-11)7-8-12-13/h3-6H,1,7-8H2,2,13H3. The average molecular weight is 192 g/mol. The summed E-state index contributed by atoms with van der Waals surface area (Å²) in [4.78, 5) is 0. The average Bonchev–Trinajstić information content (AvgIpc) is 2.15. The van der Waals surface area contributed by atoms with Crippen LogP contribution >= 0.6 is 0 Å². The van der Waals surface area contributed by atoms with E-state index in [2.05, 4.69) is 30.8 Å². The van der Waals surface area contributed by atoms with Crippen LogP contribution in [0.4, 0.5) is 0 Å². The lowest BCUT2D eigenvalue weighted by atomic mass is 10.1. The molecule has 1 aromatic carbocycles. The lowest BCUT2D eigenvalue weighted by Gasteiger charge is -2.03. The predicted octanol–water partition coefficient (Wildman–Crippen LogP) is 1.56. The Kier molecular flexibility index (Phi) is 3.93. The molecule has 0 aliphatic carbocycles. The normalized spacial score (nSPS) is 10.2. The van der Waals surface area contributed by atoms with Gasteiger partial charge < -0.3 is 4.43 Å². The fourth-order valence-corrected chi connectivity index (χ4v) is 1.38. The van der Waals surface area contributed by atoms with Gasteiger partial charge in [-0.2, -0.15) is 0 Å². The second-order valence-corrected chi connectivity index (χ2v) is 3.80. The van der Waals surface area contributed by atoms with Crippen LogP contribution in [0.1, 0.15) is 18.1 Å². The van der Waals surface area contributed by atoms with Gasteiger partial charge in [-0.3, -0.25) is 0 Å². The fraction of sp³-hybridized carbons (Fsp3) is 0.273. The molecule has 0 aromatic heterocycles. The van der Waals surface area contributed by atoms with Crippen molar-refractivity contribution in [1.29, 1.82) is 0 Å². The molecule has 1 aromatic rings. The van der Waals surface area contributed by atoms with E-state index in [4.69, 9.17) is 4.43 Å². The zero-order chi connectivity index (χ0) is 9.68. The second-order valence-electron chi connectivity index (χ2n) is 3.22. The van der Waals surface area contributed by atoms with Crippen LogP contribution in [0.2, 0.25) is 0 Å². The molecule has 0 saturated carbocycles. The summed E-state index contributed by atoms with van der Waals surface area (Å²) in [5, 5.41) is 0. The van der Waals surface area contributed by atoms with E-state index in [1.807, 2.05) is 6.92 Å². The largest absolute Gasteiger partial charge is 0.428 e. The lowest BCUT2D eigenvalue weighted by Crippen LogP contribution is -1.95. The van der Waals surface area contributed by atoms with Gasteiger partial charge in [-0.05, 0) is 24.5 Å². The third-order valence-electron chi connectivity index (χ3n) is 2.04. The third-order valence-corrected chi connectivity index (χ3v) is 2.45. The van der Waals surface area contributed by atoms with Gasteiger partial charge in [0.15, 0.2) is 0 Å². The van der Waals surface area contributed by atoms with E-state index in [9.17, 15) is 0 Å². The molecule has 2 heteroatoms. The molecule has 13 heavy (non-hydrogen) atoms. The van der Waals surface area contributed by atoms with Gasteiger partial charge in [0.2, 0.25) is 0 Å². The Labute approximate surface area is 83.0 Å². The first kappa shape index (κ1) is 10.2.